The van der Waals surface area contributed by atoms with Gasteiger partial charge in [0.15, 0.2) is 0 Å². The molecule has 1 heteroatoms. The Morgan fingerprint density at radius 2 is 1.92 bits per heavy atom. The summed E-state index contributed by atoms with van der Waals surface area (Å²) in [7, 11) is 0. The van der Waals surface area contributed by atoms with Gasteiger partial charge < -0.3 is 5.11 Å². The lowest BCUT2D eigenvalue weighted by Gasteiger charge is -2.30. The second-order valence-electron chi connectivity index (χ2n) is 4.85. The molecule has 0 aliphatic heterocycles. The molecule has 1 aliphatic rings. The highest BCUT2D eigenvalue weighted by molar-refractivity contribution is 5.14. The number of hydrogen-bond acceptors (Lipinski definition) is 1. The van der Waals surface area contributed by atoms with Crippen LogP contribution in [0.25, 0.3) is 0 Å². The molecule has 0 fully saturated rings. The molecule has 76 valence electrons. The fourth-order valence-corrected chi connectivity index (χ4v) is 2.11. The van der Waals surface area contributed by atoms with Gasteiger partial charge in [-0.1, -0.05) is 33.8 Å². The maximum Gasteiger partial charge on any atom is 0.0755 e. The van der Waals surface area contributed by atoms with Gasteiger partial charge in [-0.05, 0) is 36.2 Å². The van der Waals surface area contributed by atoms with Crippen molar-refractivity contribution in [2.24, 2.45) is 17.8 Å². The van der Waals surface area contributed by atoms with E-state index in [9.17, 15) is 5.11 Å². The monoisotopic (exact) mass is 182 g/mol. The van der Waals surface area contributed by atoms with Gasteiger partial charge in [0.1, 0.15) is 0 Å². The molecule has 0 spiro atoms. The molecule has 1 nitrogen and oxygen atoms in total. The van der Waals surface area contributed by atoms with Crippen LogP contribution < -0.4 is 0 Å². The summed E-state index contributed by atoms with van der Waals surface area (Å²) in [5.74, 6) is 1.88. The Labute approximate surface area is 81.9 Å². The molecule has 0 aromatic rings. The summed E-state index contributed by atoms with van der Waals surface area (Å²) in [6, 6.07) is 0. The number of hydrogen-bond donors (Lipinski definition) is 1. The highest BCUT2D eigenvalue weighted by Gasteiger charge is 2.25. The zero-order valence-electron chi connectivity index (χ0n) is 9.25. The Morgan fingerprint density at radius 1 is 1.31 bits per heavy atom. The summed E-state index contributed by atoms with van der Waals surface area (Å²) in [6.45, 7) is 8.80. The standard InChI is InChI=1S/C12H22O/c1-8(2)10-5-6-11(9(3)4)12(13)7-10/h6,8-10,12-13H,5,7H2,1-4H3. The smallest absolute Gasteiger partial charge is 0.0755 e. The molecular formula is C12H22O. The number of aliphatic hydroxyl groups excluding tert-OH is 1. The lowest BCUT2D eigenvalue weighted by Crippen LogP contribution is -2.25. The van der Waals surface area contributed by atoms with Crippen LogP contribution in [0, 0.1) is 17.8 Å². The minimum Gasteiger partial charge on any atom is -0.389 e. The van der Waals surface area contributed by atoms with E-state index in [2.05, 4.69) is 33.8 Å². The fraction of sp³-hybridized carbons (Fsp3) is 0.833. The number of aliphatic hydroxyl groups is 1. The van der Waals surface area contributed by atoms with Crippen molar-refractivity contribution >= 4 is 0 Å². The molecule has 1 aliphatic carbocycles. The average Bonchev–Trinajstić information content (AvgIpc) is 2.03. The molecule has 0 bridgehead atoms. The largest absolute Gasteiger partial charge is 0.389 e. The van der Waals surface area contributed by atoms with E-state index < -0.39 is 0 Å². The minimum absolute atomic E-state index is 0.179. The topological polar surface area (TPSA) is 20.2 Å². The van der Waals surface area contributed by atoms with Crippen LogP contribution in [0.5, 0.6) is 0 Å². The maximum atomic E-state index is 9.89. The van der Waals surface area contributed by atoms with Crippen molar-refractivity contribution in [3.63, 3.8) is 0 Å². The van der Waals surface area contributed by atoms with Gasteiger partial charge in [0, 0.05) is 0 Å². The Balaban J connectivity index is 2.64. The molecule has 0 aromatic heterocycles. The summed E-state index contributed by atoms with van der Waals surface area (Å²) in [5, 5.41) is 9.89. The quantitative estimate of drug-likeness (QED) is 0.651. The van der Waals surface area contributed by atoms with Gasteiger partial charge >= 0.3 is 0 Å². The Kier molecular flexibility index (Phi) is 3.55. The van der Waals surface area contributed by atoms with Crippen LogP contribution in [0.4, 0.5) is 0 Å². The summed E-state index contributed by atoms with van der Waals surface area (Å²) >= 11 is 0. The van der Waals surface area contributed by atoms with E-state index in [0.717, 1.165) is 12.8 Å². The molecule has 0 saturated heterocycles. The van der Waals surface area contributed by atoms with E-state index in [1.54, 1.807) is 0 Å². The van der Waals surface area contributed by atoms with E-state index >= 15 is 0 Å². The normalized spacial score (nSPS) is 29.6. The van der Waals surface area contributed by atoms with E-state index in [1.165, 1.54) is 5.57 Å². The van der Waals surface area contributed by atoms with Crippen LogP contribution in [0.3, 0.4) is 0 Å². The van der Waals surface area contributed by atoms with Crippen molar-refractivity contribution in [2.75, 3.05) is 0 Å². The molecule has 1 rings (SSSR count). The van der Waals surface area contributed by atoms with E-state index in [1.807, 2.05) is 0 Å². The average molecular weight is 182 g/mol. The summed E-state index contributed by atoms with van der Waals surface area (Å²) in [4.78, 5) is 0. The first kappa shape index (κ1) is 10.8. The van der Waals surface area contributed by atoms with Crippen LogP contribution in [0.1, 0.15) is 40.5 Å². The number of rotatable bonds is 2. The predicted octanol–water partition coefficient (Wildman–Crippen LogP) is 3.00. The third-order valence-corrected chi connectivity index (χ3v) is 3.18. The van der Waals surface area contributed by atoms with Gasteiger partial charge in [-0.3, -0.25) is 0 Å². The van der Waals surface area contributed by atoms with Crippen LogP contribution in [-0.2, 0) is 0 Å². The summed E-state index contributed by atoms with van der Waals surface area (Å²) < 4.78 is 0. The van der Waals surface area contributed by atoms with Gasteiger partial charge in [0.05, 0.1) is 6.10 Å². The minimum atomic E-state index is -0.179. The van der Waals surface area contributed by atoms with Crippen molar-refractivity contribution < 1.29 is 5.11 Å². The van der Waals surface area contributed by atoms with Crippen molar-refractivity contribution in [1.29, 1.82) is 0 Å². The molecule has 0 saturated carbocycles. The van der Waals surface area contributed by atoms with E-state index in [4.69, 9.17) is 0 Å². The Morgan fingerprint density at radius 3 is 2.31 bits per heavy atom. The van der Waals surface area contributed by atoms with Crippen LogP contribution in [0.2, 0.25) is 0 Å². The van der Waals surface area contributed by atoms with E-state index in [0.29, 0.717) is 17.8 Å². The van der Waals surface area contributed by atoms with Crippen LogP contribution >= 0.6 is 0 Å². The highest BCUT2D eigenvalue weighted by Crippen LogP contribution is 2.32. The second kappa shape index (κ2) is 4.28. The molecule has 0 aromatic carbocycles. The van der Waals surface area contributed by atoms with Crippen LogP contribution in [0.15, 0.2) is 11.6 Å². The first-order valence-electron chi connectivity index (χ1n) is 5.40. The predicted molar refractivity (Wildman–Crippen MR) is 56.5 cm³/mol. The second-order valence-corrected chi connectivity index (χ2v) is 4.85. The Bertz CT molecular complexity index is 191. The molecule has 13 heavy (non-hydrogen) atoms. The zero-order chi connectivity index (χ0) is 10.0. The van der Waals surface area contributed by atoms with Crippen molar-refractivity contribution in [2.45, 2.75) is 46.6 Å². The third-order valence-electron chi connectivity index (χ3n) is 3.18. The lowest BCUT2D eigenvalue weighted by atomic mass is 9.78. The molecule has 0 amide bonds. The van der Waals surface area contributed by atoms with Gasteiger partial charge in [-0.2, -0.15) is 0 Å². The highest BCUT2D eigenvalue weighted by atomic mass is 16.3. The first-order chi connectivity index (χ1) is 6.02. The van der Waals surface area contributed by atoms with Crippen molar-refractivity contribution in [3.8, 4) is 0 Å². The van der Waals surface area contributed by atoms with Gasteiger partial charge in [0.2, 0.25) is 0 Å². The summed E-state index contributed by atoms with van der Waals surface area (Å²) in [6.07, 6.45) is 4.19. The van der Waals surface area contributed by atoms with E-state index in [-0.39, 0.29) is 6.10 Å². The lowest BCUT2D eigenvalue weighted by molar-refractivity contribution is 0.140. The molecule has 1 N–H and O–H groups in total. The SMILES string of the molecule is CC(C)C1=CCC(C(C)C)CC1O. The number of allylic oxidation sites excluding steroid dienone is 1. The van der Waals surface area contributed by atoms with Gasteiger partial charge in [-0.25, -0.2) is 0 Å². The zero-order valence-corrected chi connectivity index (χ0v) is 9.25. The first-order valence-corrected chi connectivity index (χ1v) is 5.40. The molecular weight excluding hydrogens is 160 g/mol. The molecule has 0 heterocycles. The van der Waals surface area contributed by atoms with Gasteiger partial charge in [-0.15, -0.1) is 0 Å². The van der Waals surface area contributed by atoms with Crippen molar-refractivity contribution in [1.82, 2.24) is 0 Å². The van der Waals surface area contributed by atoms with Gasteiger partial charge in [0.25, 0.3) is 0 Å². The third kappa shape index (κ3) is 2.57. The molecule has 0 radical (unpaired) electrons. The molecule has 2 unspecified atom stereocenters. The Hall–Kier alpha value is -0.300. The van der Waals surface area contributed by atoms with Crippen molar-refractivity contribution in [3.05, 3.63) is 11.6 Å². The summed E-state index contributed by atoms with van der Waals surface area (Å²) in [5.41, 5.74) is 1.25. The van der Waals surface area contributed by atoms with Crippen LogP contribution in [-0.4, -0.2) is 11.2 Å². The molecule has 2 atom stereocenters. The fourth-order valence-electron chi connectivity index (χ4n) is 2.11. The maximum absolute atomic E-state index is 9.89.